The van der Waals surface area contributed by atoms with Crippen LogP contribution in [0.5, 0.6) is 0 Å². The molecule has 1 amide bonds. The van der Waals surface area contributed by atoms with E-state index < -0.39 is 0 Å². The lowest BCUT2D eigenvalue weighted by molar-refractivity contribution is 0.0803. The Balaban J connectivity index is 1.85. The predicted octanol–water partition coefficient (Wildman–Crippen LogP) is 4.82. The summed E-state index contributed by atoms with van der Waals surface area (Å²) in [6.07, 6.45) is 3.29. The number of rotatable bonds is 6. The van der Waals surface area contributed by atoms with E-state index in [1.807, 2.05) is 66.9 Å². The zero-order chi connectivity index (χ0) is 17.6. The van der Waals surface area contributed by atoms with Crippen molar-refractivity contribution in [3.63, 3.8) is 0 Å². The molecule has 0 saturated carbocycles. The zero-order valence-corrected chi connectivity index (χ0v) is 14.7. The van der Waals surface area contributed by atoms with Crippen LogP contribution < -0.4 is 0 Å². The third kappa shape index (κ3) is 4.00. The minimum Gasteiger partial charge on any atom is -0.444 e. The van der Waals surface area contributed by atoms with Crippen molar-refractivity contribution in [2.45, 2.75) is 6.54 Å². The summed E-state index contributed by atoms with van der Waals surface area (Å²) in [7, 11) is 0. The van der Waals surface area contributed by atoms with Gasteiger partial charge in [0.2, 0.25) is 5.89 Å². The van der Waals surface area contributed by atoms with Crippen LogP contribution in [0, 0.1) is 0 Å². The molecule has 4 nitrogen and oxygen atoms in total. The monoisotopic (exact) mass is 350 g/mol. The Hall–Kier alpha value is -2.79. The molecule has 3 aromatic rings. The maximum Gasteiger partial charge on any atom is 0.280 e. The summed E-state index contributed by atoms with van der Waals surface area (Å²) in [5, 5.41) is 0.665. The average molecular weight is 350 g/mol. The van der Waals surface area contributed by atoms with Gasteiger partial charge in [-0.3, -0.25) is 9.69 Å². The standard InChI is InChI=1S/C20H18N2O2S/c1-15(25-2)22(13-16-9-5-3-6-10-16)20(23)18-14-24-19(21-18)17-11-7-4-8-12-17/h3-12,14H,1,13H2,2H3. The van der Waals surface area contributed by atoms with E-state index in [-0.39, 0.29) is 11.6 Å². The smallest absolute Gasteiger partial charge is 0.280 e. The maximum absolute atomic E-state index is 12.9. The van der Waals surface area contributed by atoms with Crippen LogP contribution in [0.15, 0.2) is 83.0 Å². The van der Waals surface area contributed by atoms with Gasteiger partial charge in [0.1, 0.15) is 6.26 Å². The number of aromatic nitrogens is 1. The fraction of sp³-hybridized carbons (Fsp3) is 0.100. The number of benzene rings is 2. The summed E-state index contributed by atoms with van der Waals surface area (Å²) in [6.45, 7) is 4.43. The highest BCUT2D eigenvalue weighted by Crippen LogP contribution is 2.23. The third-order valence-corrected chi connectivity index (χ3v) is 4.40. The van der Waals surface area contributed by atoms with Crippen LogP contribution in [0.25, 0.3) is 11.5 Å². The molecule has 0 aliphatic carbocycles. The zero-order valence-electron chi connectivity index (χ0n) is 13.9. The molecule has 0 aliphatic rings. The highest BCUT2D eigenvalue weighted by Gasteiger charge is 2.22. The number of oxazole rings is 1. The van der Waals surface area contributed by atoms with Crippen LogP contribution in [0.1, 0.15) is 16.1 Å². The van der Waals surface area contributed by atoms with Gasteiger partial charge in [-0.2, -0.15) is 0 Å². The number of nitrogens with zero attached hydrogens (tertiary/aromatic N) is 2. The molecule has 25 heavy (non-hydrogen) atoms. The number of amides is 1. The predicted molar refractivity (Wildman–Crippen MR) is 101 cm³/mol. The SMILES string of the molecule is C=C(SC)N(Cc1ccccc1)C(=O)c1coc(-c2ccccc2)n1. The molecule has 0 radical (unpaired) electrons. The number of thioether (sulfide) groups is 1. The van der Waals surface area contributed by atoms with E-state index in [4.69, 9.17) is 4.42 Å². The van der Waals surface area contributed by atoms with Crippen molar-refractivity contribution in [3.05, 3.63) is 89.8 Å². The van der Waals surface area contributed by atoms with Crippen molar-refractivity contribution in [2.24, 2.45) is 0 Å². The summed E-state index contributed by atoms with van der Waals surface area (Å²) in [5.41, 5.74) is 2.13. The van der Waals surface area contributed by atoms with Crippen molar-refractivity contribution in [1.29, 1.82) is 0 Å². The Morgan fingerprint density at radius 2 is 1.76 bits per heavy atom. The summed E-state index contributed by atoms with van der Waals surface area (Å²) in [6, 6.07) is 19.3. The van der Waals surface area contributed by atoms with E-state index in [9.17, 15) is 4.79 Å². The van der Waals surface area contributed by atoms with Crippen molar-refractivity contribution in [2.75, 3.05) is 6.26 Å². The first-order chi connectivity index (χ1) is 12.2. The molecule has 1 aromatic heterocycles. The van der Waals surface area contributed by atoms with Crippen LogP contribution in [-0.4, -0.2) is 22.0 Å². The molecule has 0 aliphatic heterocycles. The first-order valence-corrected chi connectivity index (χ1v) is 9.01. The Kier molecular flexibility index (Phi) is 5.36. The van der Waals surface area contributed by atoms with Crippen LogP contribution in [0.4, 0.5) is 0 Å². The van der Waals surface area contributed by atoms with Crippen LogP contribution >= 0.6 is 11.8 Å². The van der Waals surface area contributed by atoms with Crippen LogP contribution in [0.2, 0.25) is 0 Å². The molecule has 3 rings (SSSR count). The minimum absolute atomic E-state index is 0.228. The van der Waals surface area contributed by atoms with Gasteiger partial charge < -0.3 is 4.42 Å². The Bertz CT molecular complexity index is 860. The van der Waals surface area contributed by atoms with Gasteiger partial charge in [0, 0.05) is 5.56 Å². The largest absolute Gasteiger partial charge is 0.444 e. The van der Waals surface area contributed by atoms with Crippen molar-refractivity contribution in [1.82, 2.24) is 9.88 Å². The second kappa shape index (κ2) is 7.85. The van der Waals surface area contributed by atoms with Gasteiger partial charge in [0.15, 0.2) is 5.69 Å². The summed E-state index contributed by atoms with van der Waals surface area (Å²) in [5.74, 6) is 0.201. The van der Waals surface area contributed by atoms with Gasteiger partial charge in [-0.25, -0.2) is 4.98 Å². The molecule has 0 saturated heterocycles. The minimum atomic E-state index is -0.228. The average Bonchev–Trinajstić information content (AvgIpc) is 3.17. The van der Waals surface area contributed by atoms with E-state index in [0.29, 0.717) is 17.5 Å². The number of carbonyl (C=O) groups is 1. The van der Waals surface area contributed by atoms with E-state index in [0.717, 1.165) is 11.1 Å². The van der Waals surface area contributed by atoms with Gasteiger partial charge in [0.05, 0.1) is 11.6 Å². The molecule has 5 heteroatoms. The number of carbonyl (C=O) groups excluding carboxylic acids is 1. The lowest BCUT2D eigenvalue weighted by Crippen LogP contribution is -2.28. The van der Waals surface area contributed by atoms with Crippen molar-refractivity contribution < 1.29 is 9.21 Å². The quantitative estimate of drug-likeness (QED) is 0.639. The molecular weight excluding hydrogens is 332 g/mol. The van der Waals surface area contributed by atoms with Gasteiger partial charge >= 0.3 is 0 Å². The molecule has 0 atom stereocenters. The van der Waals surface area contributed by atoms with Gasteiger partial charge in [-0.05, 0) is 24.0 Å². The summed E-state index contributed by atoms with van der Waals surface area (Å²) in [4.78, 5) is 18.9. The molecule has 0 spiro atoms. The normalized spacial score (nSPS) is 10.4. The molecule has 126 valence electrons. The topological polar surface area (TPSA) is 46.3 Å². The van der Waals surface area contributed by atoms with E-state index in [2.05, 4.69) is 11.6 Å². The van der Waals surface area contributed by atoms with Crippen LogP contribution in [0.3, 0.4) is 0 Å². The fourth-order valence-electron chi connectivity index (χ4n) is 2.37. The Morgan fingerprint density at radius 3 is 2.40 bits per heavy atom. The van der Waals surface area contributed by atoms with Gasteiger partial charge in [-0.1, -0.05) is 55.1 Å². The van der Waals surface area contributed by atoms with Crippen molar-refractivity contribution >= 4 is 17.7 Å². The maximum atomic E-state index is 12.9. The second-order valence-electron chi connectivity index (χ2n) is 5.38. The number of hydrogen-bond donors (Lipinski definition) is 0. The molecule has 2 aromatic carbocycles. The molecular formula is C20H18N2O2S. The first kappa shape index (κ1) is 17.0. The highest BCUT2D eigenvalue weighted by molar-refractivity contribution is 8.02. The third-order valence-electron chi connectivity index (χ3n) is 3.71. The van der Waals surface area contributed by atoms with E-state index in [1.165, 1.54) is 18.0 Å². The first-order valence-electron chi connectivity index (χ1n) is 7.78. The number of hydrogen-bond acceptors (Lipinski definition) is 4. The van der Waals surface area contributed by atoms with Crippen LogP contribution in [-0.2, 0) is 6.54 Å². The molecule has 0 fully saturated rings. The summed E-state index contributed by atoms with van der Waals surface area (Å²) >= 11 is 1.43. The molecule has 1 heterocycles. The lowest BCUT2D eigenvalue weighted by atomic mass is 10.2. The van der Waals surface area contributed by atoms with E-state index in [1.54, 1.807) is 4.90 Å². The Morgan fingerprint density at radius 1 is 1.12 bits per heavy atom. The highest BCUT2D eigenvalue weighted by atomic mass is 32.2. The van der Waals surface area contributed by atoms with Crippen molar-refractivity contribution in [3.8, 4) is 11.5 Å². The lowest BCUT2D eigenvalue weighted by Gasteiger charge is -2.22. The summed E-state index contributed by atoms with van der Waals surface area (Å²) < 4.78 is 5.49. The van der Waals surface area contributed by atoms with Gasteiger partial charge in [0.25, 0.3) is 5.91 Å². The Labute approximate surface area is 151 Å². The fourth-order valence-corrected chi connectivity index (χ4v) is 2.74. The molecule has 0 unspecified atom stereocenters. The van der Waals surface area contributed by atoms with E-state index >= 15 is 0 Å². The van der Waals surface area contributed by atoms with Gasteiger partial charge in [-0.15, -0.1) is 11.8 Å². The molecule has 0 N–H and O–H groups in total. The second-order valence-corrected chi connectivity index (χ2v) is 6.26. The molecule has 0 bridgehead atoms.